The smallest absolute Gasteiger partial charge is 0.310 e. The van der Waals surface area contributed by atoms with Crippen LogP contribution in [0.25, 0.3) is 10.9 Å². The number of pyridine rings is 1. The molecule has 2 aromatic carbocycles. The Kier molecular flexibility index (Phi) is 5.83. The lowest BCUT2D eigenvalue weighted by Crippen LogP contribution is -2.42. The number of aryl methyl sites for hydroxylation is 1. The molecule has 0 bridgehead atoms. The van der Waals surface area contributed by atoms with Crippen LogP contribution in [0, 0.1) is 12.8 Å². The summed E-state index contributed by atoms with van der Waals surface area (Å²) in [5, 5.41) is 23.5. The van der Waals surface area contributed by atoms with Gasteiger partial charge >= 0.3 is 5.97 Å². The molecule has 2 heterocycles. The van der Waals surface area contributed by atoms with E-state index in [2.05, 4.69) is 10.3 Å². The molecule has 2 unspecified atom stereocenters. The van der Waals surface area contributed by atoms with E-state index in [0.29, 0.717) is 17.9 Å². The zero-order valence-electron chi connectivity index (χ0n) is 17.0. The van der Waals surface area contributed by atoms with Crippen molar-refractivity contribution < 1.29 is 24.6 Å². The van der Waals surface area contributed by atoms with Crippen molar-refractivity contribution in [1.29, 1.82) is 0 Å². The van der Waals surface area contributed by atoms with Crippen LogP contribution in [0.5, 0.6) is 5.75 Å². The first kappa shape index (κ1) is 20.8. The van der Waals surface area contributed by atoms with Crippen LogP contribution >= 0.6 is 0 Å². The number of carbonyl (C=O) groups excluding carboxylic acids is 1. The van der Waals surface area contributed by atoms with Gasteiger partial charge < -0.3 is 20.4 Å². The van der Waals surface area contributed by atoms with Crippen molar-refractivity contribution in [2.75, 3.05) is 13.1 Å². The molecule has 1 aliphatic rings. The van der Waals surface area contributed by atoms with E-state index in [1.807, 2.05) is 37.3 Å². The van der Waals surface area contributed by atoms with Gasteiger partial charge in [-0.1, -0.05) is 18.2 Å². The van der Waals surface area contributed by atoms with Crippen LogP contribution in [0.2, 0.25) is 0 Å². The van der Waals surface area contributed by atoms with Crippen molar-refractivity contribution in [1.82, 2.24) is 15.4 Å². The maximum atomic E-state index is 12.5. The van der Waals surface area contributed by atoms with Crippen molar-refractivity contribution in [2.24, 2.45) is 5.92 Å². The summed E-state index contributed by atoms with van der Waals surface area (Å²) in [4.78, 5) is 28.3. The van der Waals surface area contributed by atoms with E-state index in [4.69, 9.17) is 4.74 Å². The molecule has 1 fully saturated rings. The SMILES string of the molecule is Cc1cc(COc2ccc(C(=O)NC3CN(O)CC3C(=O)O)cc2)c2ccccc2n1. The van der Waals surface area contributed by atoms with E-state index in [-0.39, 0.29) is 13.1 Å². The number of benzene rings is 2. The van der Waals surface area contributed by atoms with E-state index < -0.39 is 23.8 Å². The predicted molar refractivity (Wildman–Crippen MR) is 113 cm³/mol. The lowest BCUT2D eigenvalue weighted by molar-refractivity contribution is -0.143. The number of nitrogens with zero attached hydrogens (tertiary/aromatic N) is 2. The molecule has 31 heavy (non-hydrogen) atoms. The first-order valence-corrected chi connectivity index (χ1v) is 9.96. The minimum atomic E-state index is -1.05. The highest BCUT2D eigenvalue weighted by atomic mass is 16.5. The summed E-state index contributed by atoms with van der Waals surface area (Å²) in [5.74, 6) is -1.69. The highest BCUT2D eigenvalue weighted by molar-refractivity contribution is 5.95. The molecule has 3 aromatic rings. The largest absolute Gasteiger partial charge is 0.489 e. The first-order chi connectivity index (χ1) is 14.9. The third-order valence-corrected chi connectivity index (χ3v) is 5.38. The van der Waals surface area contributed by atoms with Crippen molar-refractivity contribution in [2.45, 2.75) is 19.6 Å². The zero-order valence-corrected chi connectivity index (χ0v) is 17.0. The number of amides is 1. The molecule has 2 atom stereocenters. The zero-order chi connectivity index (χ0) is 22.0. The lowest BCUT2D eigenvalue weighted by Gasteiger charge is -2.16. The standard InChI is InChI=1S/C23H23N3O5/c1-14-10-16(18-4-2-3-5-20(18)24-14)13-31-17-8-6-15(7-9-17)22(27)25-21-12-26(30)11-19(21)23(28)29/h2-10,19,21,30H,11-13H2,1H3,(H,25,27)(H,28,29). The van der Waals surface area contributed by atoms with Gasteiger partial charge in [0, 0.05) is 35.3 Å². The Hall–Kier alpha value is -3.49. The topological polar surface area (TPSA) is 112 Å². The Morgan fingerprint density at radius 3 is 2.65 bits per heavy atom. The summed E-state index contributed by atoms with van der Waals surface area (Å²) >= 11 is 0. The maximum absolute atomic E-state index is 12.5. The molecule has 1 aromatic heterocycles. The van der Waals surface area contributed by atoms with Crippen molar-refractivity contribution in [3.05, 3.63) is 71.4 Å². The molecule has 1 amide bonds. The molecule has 160 valence electrons. The summed E-state index contributed by atoms with van der Waals surface area (Å²) in [5.41, 5.74) is 3.25. The number of hydrogen-bond donors (Lipinski definition) is 3. The third kappa shape index (κ3) is 4.65. The second kappa shape index (κ2) is 8.71. The molecular weight excluding hydrogens is 398 g/mol. The molecule has 3 N–H and O–H groups in total. The molecule has 4 rings (SSSR count). The normalized spacial score (nSPS) is 18.8. The number of nitrogens with one attached hydrogen (secondary N) is 1. The molecule has 0 saturated carbocycles. The lowest BCUT2D eigenvalue weighted by atomic mass is 10.0. The monoisotopic (exact) mass is 421 g/mol. The van der Waals surface area contributed by atoms with Gasteiger partial charge in [-0.25, -0.2) is 0 Å². The Bertz CT molecular complexity index is 1120. The fourth-order valence-corrected chi connectivity index (χ4v) is 3.81. The minimum Gasteiger partial charge on any atom is -0.489 e. The predicted octanol–water partition coefficient (Wildman–Crippen LogP) is 2.63. The van der Waals surface area contributed by atoms with Gasteiger partial charge in [-0.05, 0) is 43.3 Å². The Morgan fingerprint density at radius 2 is 1.90 bits per heavy atom. The van der Waals surface area contributed by atoms with Crippen molar-refractivity contribution in [3.63, 3.8) is 0 Å². The number of rotatable bonds is 6. The number of aliphatic carboxylic acids is 1. The van der Waals surface area contributed by atoms with Crippen molar-refractivity contribution in [3.8, 4) is 5.75 Å². The summed E-state index contributed by atoms with van der Waals surface area (Å²) in [6, 6.07) is 15.9. The number of para-hydroxylation sites is 1. The first-order valence-electron chi connectivity index (χ1n) is 9.96. The highest BCUT2D eigenvalue weighted by Gasteiger charge is 2.38. The van der Waals surface area contributed by atoms with E-state index >= 15 is 0 Å². The number of carboxylic acids is 1. The summed E-state index contributed by atoms with van der Waals surface area (Å²) in [6.07, 6.45) is 0. The number of aromatic nitrogens is 1. The van der Waals surface area contributed by atoms with Gasteiger partial charge in [0.05, 0.1) is 17.5 Å². The second-order valence-corrected chi connectivity index (χ2v) is 7.65. The van der Waals surface area contributed by atoms with Gasteiger partial charge in [-0.15, -0.1) is 0 Å². The fourth-order valence-electron chi connectivity index (χ4n) is 3.81. The van der Waals surface area contributed by atoms with Crippen molar-refractivity contribution >= 4 is 22.8 Å². The molecule has 1 aliphatic heterocycles. The van der Waals surface area contributed by atoms with Gasteiger partial charge in [-0.3, -0.25) is 14.6 Å². The quantitative estimate of drug-likeness (QED) is 0.561. The Morgan fingerprint density at radius 1 is 1.16 bits per heavy atom. The van der Waals surface area contributed by atoms with E-state index in [1.54, 1.807) is 24.3 Å². The van der Waals surface area contributed by atoms with E-state index in [0.717, 1.165) is 27.2 Å². The number of ether oxygens (including phenoxy) is 1. The second-order valence-electron chi connectivity index (χ2n) is 7.65. The molecule has 0 spiro atoms. The van der Waals surface area contributed by atoms with E-state index in [9.17, 15) is 19.9 Å². The van der Waals surface area contributed by atoms with Crippen LogP contribution in [0.3, 0.4) is 0 Å². The number of hydrogen-bond acceptors (Lipinski definition) is 6. The minimum absolute atomic E-state index is 0.0176. The number of fused-ring (bicyclic) bond motifs is 1. The number of hydroxylamine groups is 2. The maximum Gasteiger partial charge on any atom is 0.310 e. The van der Waals surface area contributed by atoms with Crippen LogP contribution in [-0.2, 0) is 11.4 Å². The van der Waals surface area contributed by atoms with Crippen LogP contribution in [0.15, 0.2) is 54.6 Å². The fraction of sp³-hybridized carbons (Fsp3) is 0.261. The molecule has 8 nitrogen and oxygen atoms in total. The number of carboxylic acid groups (broad SMARTS) is 1. The van der Waals surface area contributed by atoms with Crippen LogP contribution in [0.4, 0.5) is 0 Å². The van der Waals surface area contributed by atoms with Crippen LogP contribution < -0.4 is 10.1 Å². The average molecular weight is 421 g/mol. The third-order valence-electron chi connectivity index (χ3n) is 5.38. The highest BCUT2D eigenvalue weighted by Crippen LogP contribution is 2.21. The molecule has 0 radical (unpaired) electrons. The Labute approximate surface area is 179 Å². The van der Waals surface area contributed by atoms with Gasteiger partial charge in [0.1, 0.15) is 12.4 Å². The van der Waals surface area contributed by atoms with Gasteiger partial charge in [0.25, 0.3) is 5.91 Å². The average Bonchev–Trinajstić information content (AvgIpc) is 3.12. The van der Waals surface area contributed by atoms with Gasteiger partial charge in [0.2, 0.25) is 0 Å². The summed E-state index contributed by atoms with van der Waals surface area (Å²) in [6.45, 7) is 2.36. The number of carbonyl (C=O) groups is 2. The van der Waals surface area contributed by atoms with Crippen LogP contribution in [-0.4, -0.2) is 51.4 Å². The van der Waals surface area contributed by atoms with Gasteiger partial charge in [0.15, 0.2) is 0 Å². The molecule has 8 heteroatoms. The molecular formula is C23H23N3O5. The molecule has 0 aliphatic carbocycles. The Balaban J connectivity index is 1.41. The molecule has 1 saturated heterocycles. The van der Waals surface area contributed by atoms with Gasteiger partial charge in [-0.2, -0.15) is 5.06 Å². The van der Waals surface area contributed by atoms with Crippen LogP contribution in [0.1, 0.15) is 21.6 Å². The summed E-state index contributed by atoms with van der Waals surface area (Å²) < 4.78 is 5.91. The summed E-state index contributed by atoms with van der Waals surface area (Å²) in [7, 11) is 0. The van der Waals surface area contributed by atoms with E-state index in [1.165, 1.54) is 0 Å².